The van der Waals surface area contributed by atoms with Crippen molar-refractivity contribution >= 4 is 18.3 Å². The van der Waals surface area contributed by atoms with E-state index in [-0.39, 0.29) is 6.54 Å². The summed E-state index contributed by atoms with van der Waals surface area (Å²) in [5.41, 5.74) is -1.88. The average Bonchev–Trinajstić information content (AvgIpc) is 2.36. The van der Waals surface area contributed by atoms with E-state index in [0.29, 0.717) is 25.1 Å². The number of aromatic nitrogens is 2. The van der Waals surface area contributed by atoms with Gasteiger partial charge >= 0.3 is 16.9 Å². The van der Waals surface area contributed by atoms with Crippen LogP contribution < -0.4 is 11.2 Å². The molecule has 1 heterocycles. The molecule has 7 nitrogen and oxygen atoms in total. The van der Waals surface area contributed by atoms with Crippen LogP contribution in [-0.4, -0.2) is 19.8 Å². The predicted molar refractivity (Wildman–Crippen MR) is 75.0 cm³/mol. The first-order valence-corrected chi connectivity index (χ1v) is 6.75. The Kier molecular flexibility index (Phi) is 5.81. The lowest BCUT2D eigenvalue weighted by atomic mass is 10.3. The first-order valence-electron chi connectivity index (χ1n) is 6.12. The maximum Gasteiger partial charge on any atom is 0.350 e. The van der Waals surface area contributed by atoms with Crippen molar-refractivity contribution in [1.29, 1.82) is 0 Å². The highest BCUT2D eigenvalue weighted by molar-refractivity contribution is 7.80. The molecule has 0 aliphatic heterocycles. The molecule has 1 aromatic heterocycles. The third kappa shape index (κ3) is 3.69. The first-order chi connectivity index (χ1) is 9.02. The molecule has 0 saturated carbocycles. The number of hydrogen-bond donors (Lipinski definition) is 1. The van der Waals surface area contributed by atoms with Crippen LogP contribution in [0, 0.1) is 10.1 Å². The van der Waals surface area contributed by atoms with Crippen LogP contribution in [0.1, 0.15) is 26.2 Å². The number of aryl methyl sites for hydroxylation is 1. The van der Waals surface area contributed by atoms with Crippen molar-refractivity contribution in [3.8, 4) is 0 Å². The van der Waals surface area contributed by atoms with Gasteiger partial charge in [0.2, 0.25) is 0 Å². The summed E-state index contributed by atoms with van der Waals surface area (Å²) < 4.78 is 2.16. The lowest BCUT2D eigenvalue weighted by Gasteiger charge is -2.09. The van der Waals surface area contributed by atoms with E-state index >= 15 is 0 Å². The molecule has 0 aliphatic carbocycles. The van der Waals surface area contributed by atoms with Crippen molar-refractivity contribution in [3.05, 3.63) is 37.1 Å². The third-order valence-electron chi connectivity index (χ3n) is 2.67. The molecule has 0 atom stereocenters. The van der Waals surface area contributed by atoms with E-state index in [1.165, 1.54) is 4.57 Å². The molecule has 0 saturated heterocycles. The highest BCUT2D eigenvalue weighted by Gasteiger charge is 2.19. The van der Waals surface area contributed by atoms with E-state index in [0.717, 1.165) is 17.2 Å². The van der Waals surface area contributed by atoms with Crippen molar-refractivity contribution in [2.24, 2.45) is 0 Å². The van der Waals surface area contributed by atoms with E-state index < -0.39 is 21.9 Å². The minimum atomic E-state index is -0.832. The lowest BCUT2D eigenvalue weighted by Crippen LogP contribution is -2.40. The third-order valence-corrected chi connectivity index (χ3v) is 2.99. The zero-order valence-corrected chi connectivity index (χ0v) is 11.6. The Bertz CT molecular complexity index is 564. The zero-order chi connectivity index (χ0) is 14.4. The van der Waals surface area contributed by atoms with E-state index in [1.807, 2.05) is 6.92 Å². The summed E-state index contributed by atoms with van der Waals surface area (Å²) in [6.45, 7) is 2.39. The van der Waals surface area contributed by atoms with Crippen LogP contribution >= 0.6 is 12.6 Å². The van der Waals surface area contributed by atoms with Gasteiger partial charge in [-0.25, -0.2) is 4.79 Å². The van der Waals surface area contributed by atoms with Crippen molar-refractivity contribution in [2.45, 2.75) is 39.3 Å². The number of nitro groups is 1. The van der Waals surface area contributed by atoms with Crippen LogP contribution in [0.2, 0.25) is 0 Å². The van der Waals surface area contributed by atoms with E-state index in [2.05, 4.69) is 12.6 Å². The number of thiol groups is 1. The number of unbranched alkanes of at least 4 members (excludes halogenated alkanes) is 1. The van der Waals surface area contributed by atoms with Crippen LogP contribution in [0.15, 0.2) is 15.8 Å². The molecule has 0 aliphatic rings. The molecule has 0 N–H and O–H groups in total. The molecule has 8 heteroatoms. The summed E-state index contributed by atoms with van der Waals surface area (Å²) in [4.78, 5) is 34.0. The van der Waals surface area contributed by atoms with E-state index in [1.54, 1.807) is 0 Å². The molecule has 1 rings (SSSR count). The molecule has 0 radical (unpaired) electrons. The smallest absolute Gasteiger partial charge is 0.293 e. The van der Waals surface area contributed by atoms with Gasteiger partial charge in [0.15, 0.2) is 0 Å². The quantitative estimate of drug-likeness (QED) is 0.351. The molecule has 19 heavy (non-hydrogen) atoms. The fraction of sp³-hybridized carbons (Fsp3) is 0.636. The lowest BCUT2D eigenvalue weighted by molar-refractivity contribution is -0.387. The Morgan fingerprint density at radius 2 is 2.00 bits per heavy atom. The van der Waals surface area contributed by atoms with Crippen molar-refractivity contribution in [1.82, 2.24) is 9.13 Å². The molecule has 0 aromatic carbocycles. The van der Waals surface area contributed by atoms with Crippen molar-refractivity contribution < 1.29 is 4.92 Å². The Morgan fingerprint density at radius 1 is 1.32 bits per heavy atom. The molecule has 0 spiro atoms. The largest absolute Gasteiger partial charge is 0.350 e. The summed E-state index contributed by atoms with van der Waals surface area (Å²) >= 11 is 4.05. The Labute approximate surface area is 115 Å². The fourth-order valence-electron chi connectivity index (χ4n) is 1.74. The molecule has 0 unspecified atom stereocenters. The summed E-state index contributed by atoms with van der Waals surface area (Å²) in [6, 6.07) is 0. The Balaban J connectivity index is 3.29. The van der Waals surface area contributed by atoms with Crippen molar-refractivity contribution in [2.75, 3.05) is 5.75 Å². The monoisotopic (exact) mass is 287 g/mol. The SMILES string of the molecule is CCCn1cc([N+](=O)[O-])c(=O)n(CCCCS)c1=O. The number of nitrogens with zero attached hydrogens (tertiary/aromatic N) is 3. The molecule has 0 amide bonds. The first kappa shape index (κ1) is 15.5. The minimum Gasteiger partial charge on any atom is -0.293 e. The summed E-state index contributed by atoms with van der Waals surface area (Å²) in [5, 5.41) is 10.8. The molecular formula is C11H17N3O4S. The van der Waals surface area contributed by atoms with Crippen LogP contribution in [0.3, 0.4) is 0 Å². The second-order valence-corrected chi connectivity index (χ2v) is 4.58. The summed E-state index contributed by atoms with van der Waals surface area (Å²) in [5.74, 6) is 0.646. The van der Waals surface area contributed by atoms with Crippen LogP contribution in [0.25, 0.3) is 0 Å². The molecule has 0 fully saturated rings. The number of rotatable bonds is 7. The van der Waals surface area contributed by atoms with Crippen LogP contribution in [-0.2, 0) is 13.1 Å². The topological polar surface area (TPSA) is 87.1 Å². The molecule has 0 bridgehead atoms. The second kappa shape index (κ2) is 7.13. The van der Waals surface area contributed by atoms with Crippen molar-refractivity contribution in [3.63, 3.8) is 0 Å². The standard InChI is InChI=1S/C11H17N3O4S/c1-2-5-12-8-9(14(17)18)10(15)13(11(12)16)6-3-4-7-19/h8,19H,2-7H2,1H3. The van der Waals surface area contributed by atoms with Crippen LogP contribution in [0.4, 0.5) is 5.69 Å². The fourth-order valence-corrected chi connectivity index (χ4v) is 1.97. The van der Waals surface area contributed by atoms with Gasteiger partial charge in [0.25, 0.3) is 0 Å². The van der Waals surface area contributed by atoms with E-state index in [4.69, 9.17) is 0 Å². The van der Waals surface area contributed by atoms with Crippen LogP contribution in [0.5, 0.6) is 0 Å². The molecular weight excluding hydrogens is 270 g/mol. The van der Waals surface area contributed by atoms with E-state index in [9.17, 15) is 19.7 Å². The average molecular weight is 287 g/mol. The molecule has 1 aromatic rings. The highest BCUT2D eigenvalue weighted by Crippen LogP contribution is 2.02. The van der Waals surface area contributed by atoms with Gasteiger partial charge in [-0.2, -0.15) is 12.6 Å². The van der Waals surface area contributed by atoms with Gasteiger partial charge in [-0.05, 0) is 25.0 Å². The van der Waals surface area contributed by atoms with Gasteiger partial charge in [0.1, 0.15) is 0 Å². The predicted octanol–water partition coefficient (Wildman–Crippen LogP) is 1.04. The van der Waals surface area contributed by atoms with Gasteiger partial charge in [-0.3, -0.25) is 24.0 Å². The van der Waals surface area contributed by atoms with Gasteiger partial charge < -0.3 is 0 Å². The molecule has 106 valence electrons. The van der Waals surface area contributed by atoms with Gasteiger partial charge in [-0.15, -0.1) is 0 Å². The Morgan fingerprint density at radius 3 is 2.53 bits per heavy atom. The normalized spacial score (nSPS) is 10.6. The van der Waals surface area contributed by atoms with Gasteiger partial charge in [-0.1, -0.05) is 6.92 Å². The number of hydrogen-bond acceptors (Lipinski definition) is 5. The highest BCUT2D eigenvalue weighted by atomic mass is 32.1. The maximum atomic E-state index is 12.0. The maximum absolute atomic E-state index is 12.0. The summed E-state index contributed by atoms with van der Waals surface area (Å²) in [7, 11) is 0. The van der Waals surface area contributed by atoms with Gasteiger partial charge in [0, 0.05) is 13.1 Å². The Hall–Kier alpha value is -1.57. The second-order valence-electron chi connectivity index (χ2n) is 4.13. The zero-order valence-electron chi connectivity index (χ0n) is 10.7. The summed E-state index contributed by atoms with van der Waals surface area (Å²) in [6.07, 6.45) is 3.02. The van der Waals surface area contributed by atoms with Gasteiger partial charge in [0.05, 0.1) is 11.1 Å². The minimum absolute atomic E-state index is 0.184.